The fourth-order valence-corrected chi connectivity index (χ4v) is 1.42. The van der Waals surface area contributed by atoms with E-state index in [0.717, 1.165) is 12.8 Å². The molecule has 0 saturated heterocycles. The van der Waals surface area contributed by atoms with E-state index in [1.165, 1.54) is 0 Å². The van der Waals surface area contributed by atoms with Crippen LogP contribution in [0.25, 0.3) is 0 Å². The topological polar surface area (TPSA) is 67.5 Å². The highest BCUT2D eigenvalue weighted by Gasteiger charge is 2.23. The molecule has 0 amide bonds. The maximum atomic E-state index is 8.79. The Morgan fingerprint density at radius 3 is 2.64 bits per heavy atom. The molecule has 0 aromatic heterocycles. The summed E-state index contributed by atoms with van der Waals surface area (Å²) in [5, 5.41) is 12.2. The van der Waals surface area contributed by atoms with Crippen molar-refractivity contribution in [3.63, 3.8) is 0 Å². The molecular weight excluding hydrogens is 180 g/mol. The van der Waals surface area contributed by atoms with Crippen LogP contribution in [-0.2, 0) is 4.74 Å². The zero-order valence-corrected chi connectivity index (χ0v) is 9.55. The van der Waals surface area contributed by atoms with Crippen LogP contribution in [0.4, 0.5) is 0 Å². The lowest BCUT2D eigenvalue weighted by Gasteiger charge is -2.32. The van der Waals surface area contributed by atoms with Gasteiger partial charge in [-0.2, -0.15) is 0 Å². The largest absolute Gasteiger partial charge is 0.396 e. The standard InChI is InChI=1S/C10H24N2O2/c1-9(4-6-13)12-10(2,8-11)5-7-14-3/h9,12-13H,4-8,11H2,1-3H3. The molecule has 14 heavy (non-hydrogen) atoms. The van der Waals surface area contributed by atoms with Gasteiger partial charge in [-0.25, -0.2) is 0 Å². The second kappa shape index (κ2) is 7.17. The molecule has 0 spiro atoms. The van der Waals surface area contributed by atoms with Crippen LogP contribution in [0.5, 0.6) is 0 Å². The summed E-state index contributed by atoms with van der Waals surface area (Å²) in [4.78, 5) is 0. The Morgan fingerprint density at radius 1 is 1.57 bits per heavy atom. The average Bonchev–Trinajstić information content (AvgIpc) is 2.15. The number of nitrogens with one attached hydrogen (secondary N) is 1. The quantitative estimate of drug-likeness (QED) is 0.524. The summed E-state index contributed by atoms with van der Waals surface area (Å²) in [5.41, 5.74) is 5.62. The summed E-state index contributed by atoms with van der Waals surface area (Å²) in [5.74, 6) is 0. The molecule has 2 unspecified atom stereocenters. The Balaban J connectivity index is 3.96. The molecule has 4 heteroatoms. The number of rotatable bonds is 8. The third-order valence-corrected chi connectivity index (χ3v) is 2.47. The first kappa shape index (κ1) is 13.8. The molecular formula is C10H24N2O2. The van der Waals surface area contributed by atoms with Crippen molar-refractivity contribution < 1.29 is 9.84 Å². The fraction of sp³-hybridized carbons (Fsp3) is 1.00. The minimum atomic E-state index is -0.0927. The SMILES string of the molecule is COCCC(C)(CN)NC(C)CCO. The number of hydrogen-bond acceptors (Lipinski definition) is 4. The van der Waals surface area contributed by atoms with Crippen molar-refractivity contribution in [2.45, 2.75) is 38.3 Å². The molecule has 86 valence electrons. The first-order valence-corrected chi connectivity index (χ1v) is 5.15. The maximum Gasteiger partial charge on any atom is 0.0480 e. The molecule has 2 atom stereocenters. The highest BCUT2D eigenvalue weighted by atomic mass is 16.5. The van der Waals surface area contributed by atoms with E-state index >= 15 is 0 Å². The van der Waals surface area contributed by atoms with Gasteiger partial charge in [0.05, 0.1) is 0 Å². The number of nitrogens with two attached hydrogens (primary N) is 1. The smallest absolute Gasteiger partial charge is 0.0480 e. The van der Waals surface area contributed by atoms with Gasteiger partial charge in [-0.05, 0) is 26.7 Å². The first-order chi connectivity index (χ1) is 6.58. The highest BCUT2D eigenvalue weighted by molar-refractivity contribution is 4.86. The normalized spacial score (nSPS) is 17.8. The number of methoxy groups -OCH3 is 1. The molecule has 0 aromatic rings. The van der Waals surface area contributed by atoms with E-state index in [2.05, 4.69) is 19.2 Å². The van der Waals surface area contributed by atoms with Crippen LogP contribution in [0.15, 0.2) is 0 Å². The van der Waals surface area contributed by atoms with Crippen molar-refractivity contribution in [1.29, 1.82) is 0 Å². The maximum absolute atomic E-state index is 8.79. The van der Waals surface area contributed by atoms with Crippen LogP contribution >= 0.6 is 0 Å². The first-order valence-electron chi connectivity index (χ1n) is 5.15. The minimum absolute atomic E-state index is 0.0927. The Hall–Kier alpha value is -0.160. The van der Waals surface area contributed by atoms with Crippen LogP contribution in [-0.4, -0.2) is 43.6 Å². The summed E-state index contributed by atoms with van der Waals surface area (Å²) in [6.07, 6.45) is 1.64. The second-order valence-corrected chi connectivity index (χ2v) is 4.07. The van der Waals surface area contributed by atoms with Crippen LogP contribution in [0.2, 0.25) is 0 Å². The zero-order valence-electron chi connectivity index (χ0n) is 9.55. The van der Waals surface area contributed by atoms with Gasteiger partial charge >= 0.3 is 0 Å². The van der Waals surface area contributed by atoms with Crippen molar-refractivity contribution in [2.75, 3.05) is 26.9 Å². The molecule has 4 N–H and O–H groups in total. The Bertz CT molecular complexity index is 144. The van der Waals surface area contributed by atoms with Crippen LogP contribution in [0.1, 0.15) is 26.7 Å². The summed E-state index contributed by atoms with van der Waals surface area (Å²) in [6.45, 7) is 5.62. The van der Waals surface area contributed by atoms with Crippen LogP contribution in [0, 0.1) is 0 Å². The second-order valence-electron chi connectivity index (χ2n) is 4.07. The number of aliphatic hydroxyl groups is 1. The molecule has 0 aliphatic carbocycles. The summed E-state index contributed by atoms with van der Waals surface area (Å²) >= 11 is 0. The van der Waals surface area contributed by atoms with Crippen molar-refractivity contribution in [3.8, 4) is 0 Å². The third kappa shape index (κ3) is 5.54. The van der Waals surface area contributed by atoms with E-state index in [0.29, 0.717) is 13.2 Å². The van der Waals surface area contributed by atoms with Gasteiger partial charge in [0.25, 0.3) is 0 Å². The summed E-state index contributed by atoms with van der Waals surface area (Å²) in [7, 11) is 1.69. The third-order valence-electron chi connectivity index (χ3n) is 2.47. The summed E-state index contributed by atoms with van der Waals surface area (Å²) in [6, 6.07) is 0.283. The molecule has 0 aliphatic heterocycles. The lowest BCUT2D eigenvalue weighted by Crippen LogP contribution is -2.53. The Labute approximate surface area is 86.8 Å². The van der Waals surface area contributed by atoms with Gasteiger partial charge in [0.1, 0.15) is 0 Å². The van der Waals surface area contributed by atoms with E-state index in [4.69, 9.17) is 15.6 Å². The molecule has 0 radical (unpaired) electrons. The van der Waals surface area contributed by atoms with Crippen LogP contribution in [0.3, 0.4) is 0 Å². The molecule has 0 rings (SSSR count). The minimum Gasteiger partial charge on any atom is -0.396 e. The van der Waals surface area contributed by atoms with Crippen molar-refractivity contribution >= 4 is 0 Å². The van der Waals surface area contributed by atoms with Crippen molar-refractivity contribution in [1.82, 2.24) is 5.32 Å². The number of aliphatic hydroxyl groups excluding tert-OH is 1. The number of ether oxygens (including phenoxy) is 1. The predicted molar refractivity (Wildman–Crippen MR) is 58.3 cm³/mol. The van der Waals surface area contributed by atoms with E-state index in [9.17, 15) is 0 Å². The van der Waals surface area contributed by atoms with E-state index in [1.54, 1.807) is 7.11 Å². The molecule has 4 nitrogen and oxygen atoms in total. The van der Waals surface area contributed by atoms with E-state index < -0.39 is 0 Å². The molecule has 0 aliphatic rings. The van der Waals surface area contributed by atoms with Gasteiger partial charge in [-0.15, -0.1) is 0 Å². The van der Waals surface area contributed by atoms with Gasteiger partial charge in [-0.1, -0.05) is 0 Å². The lowest BCUT2D eigenvalue weighted by atomic mass is 9.97. The molecule has 0 bridgehead atoms. The molecule has 0 saturated carbocycles. The highest BCUT2D eigenvalue weighted by Crippen LogP contribution is 2.10. The Morgan fingerprint density at radius 2 is 2.21 bits per heavy atom. The zero-order chi connectivity index (χ0) is 11.0. The van der Waals surface area contributed by atoms with Gasteiger partial charge in [0.2, 0.25) is 0 Å². The molecule has 0 aromatic carbocycles. The van der Waals surface area contributed by atoms with E-state index in [1.807, 2.05) is 0 Å². The summed E-state index contributed by atoms with van der Waals surface area (Å²) < 4.78 is 5.04. The van der Waals surface area contributed by atoms with Gasteiger partial charge < -0.3 is 20.9 Å². The van der Waals surface area contributed by atoms with Gasteiger partial charge in [-0.3, -0.25) is 0 Å². The van der Waals surface area contributed by atoms with Crippen molar-refractivity contribution in [3.05, 3.63) is 0 Å². The lowest BCUT2D eigenvalue weighted by molar-refractivity contribution is 0.153. The monoisotopic (exact) mass is 204 g/mol. The predicted octanol–water partition coefficient (Wildman–Crippen LogP) is 0.101. The van der Waals surface area contributed by atoms with Gasteiger partial charge in [0.15, 0.2) is 0 Å². The van der Waals surface area contributed by atoms with Gasteiger partial charge in [0, 0.05) is 38.4 Å². The Kier molecular flexibility index (Phi) is 7.09. The van der Waals surface area contributed by atoms with E-state index in [-0.39, 0.29) is 18.2 Å². The average molecular weight is 204 g/mol. The molecule has 0 heterocycles. The van der Waals surface area contributed by atoms with Crippen LogP contribution < -0.4 is 11.1 Å². The van der Waals surface area contributed by atoms with Crippen molar-refractivity contribution in [2.24, 2.45) is 5.73 Å². The number of hydrogen-bond donors (Lipinski definition) is 3. The molecule has 0 fully saturated rings. The fourth-order valence-electron chi connectivity index (χ4n) is 1.42.